The zero-order chi connectivity index (χ0) is 14.4. The van der Waals surface area contributed by atoms with Crippen LogP contribution >= 0.6 is 0 Å². The van der Waals surface area contributed by atoms with E-state index in [-0.39, 0.29) is 12.3 Å². The zero-order valence-electron chi connectivity index (χ0n) is 11.5. The van der Waals surface area contributed by atoms with Gasteiger partial charge in [-0.3, -0.25) is 0 Å². The molecule has 108 valence electrons. The van der Waals surface area contributed by atoms with Crippen LogP contribution in [0.25, 0.3) is 0 Å². The average Bonchev–Trinajstić information content (AvgIpc) is 2.99. The molecule has 0 bridgehead atoms. The summed E-state index contributed by atoms with van der Waals surface area (Å²) in [5.74, 6) is -0.542. The number of ether oxygens (including phenoxy) is 3. The van der Waals surface area contributed by atoms with Crippen LogP contribution in [0.3, 0.4) is 0 Å². The summed E-state index contributed by atoms with van der Waals surface area (Å²) in [6.07, 6.45) is -0.498. The Morgan fingerprint density at radius 3 is 2.70 bits per heavy atom. The lowest BCUT2D eigenvalue weighted by Gasteiger charge is -2.14. The van der Waals surface area contributed by atoms with Crippen LogP contribution in [0.5, 0.6) is 0 Å². The fourth-order valence-corrected chi connectivity index (χ4v) is 1.94. The first-order chi connectivity index (χ1) is 9.77. The lowest BCUT2D eigenvalue weighted by molar-refractivity contribution is -0.135. The van der Waals surface area contributed by atoms with Gasteiger partial charge in [0.25, 0.3) is 0 Å². The minimum Gasteiger partial charge on any atom is -0.461 e. The first kappa shape index (κ1) is 14.5. The third-order valence-electron chi connectivity index (χ3n) is 2.74. The maximum Gasteiger partial charge on any atom is 0.361 e. The number of hydrogen-bond donors (Lipinski definition) is 0. The Kier molecular flexibility index (Phi) is 5.09. The molecule has 0 radical (unpaired) electrons. The highest BCUT2D eigenvalue weighted by molar-refractivity contribution is 6.43. The van der Waals surface area contributed by atoms with Crippen molar-refractivity contribution in [2.24, 2.45) is 5.16 Å². The van der Waals surface area contributed by atoms with Crippen molar-refractivity contribution in [1.82, 2.24) is 0 Å². The number of carbonyl (C=O) groups excluding carboxylic acids is 1. The second-order valence-electron chi connectivity index (χ2n) is 4.00. The number of benzene rings is 1. The third kappa shape index (κ3) is 3.15. The fourth-order valence-electron chi connectivity index (χ4n) is 1.94. The van der Waals surface area contributed by atoms with Crippen molar-refractivity contribution in [3.05, 3.63) is 35.4 Å². The molecule has 0 amide bonds. The Hall–Kier alpha value is -1.92. The SMILES string of the molecule is CCOC(=O)/C(=N\OC)c1ccccc1C1OCCO1. The van der Waals surface area contributed by atoms with E-state index < -0.39 is 12.3 Å². The standard InChI is InChI=1S/C14H17NO5/c1-3-18-13(16)12(15-17-2)10-6-4-5-7-11(10)14-19-8-9-20-14/h4-7,14H,3,8-9H2,1-2H3/b15-12-. The molecule has 1 aliphatic rings. The predicted octanol–water partition coefficient (Wildman–Crippen LogP) is 1.65. The van der Waals surface area contributed by atoms with E-state index in [0.717, 1.165) is 5.56 Å². The Bertz CT molecular complexity index is 494. The van der Waals surface area contributed by atoms with Gasteiger partial charge in [-0.25, -0.2) is 4.79 Å². The van der Waals surface area contributed by atoms with Gasteiger partial charge >= 0.3 is 5.97 Å². The van der Waals surface area contributed by atoms with Gasteiger partial charge in [-0.05, 0) is 6.92 Å². The van der Waals surface area contributed by atoms with Crippen LogP contribution < -0.4 is 0 Å². The summed E-state index contributed by atoms with van der Waals surface area (Å²) >= 11 is 0. The molecular weight excluding hydrogens is 262 g/mol. The quantitative estimate of drug-likeness (QED) is 0.466. The highest BCUT2D eigenvalue weighted by atomic mass is 16.7. The Morgan fingerprint density at radius 1 is 1.35 bits per heavy atom. The van der Waals surface area contributed by atoms with Crippen LogP contribution in [0.1, 0.15) is 24.3 Å². The molecular formula is C14H17NO5. The van der Waals surface area contributed by atoms with Crippen LogP contribution in [-0.2, 0) is 23.8 Å². The number of oxime groups is 1. The van der Waals surface area contributed by atoms with Crippen molar-refractivity contribution < 1.29 is 23.8 Å². The molecule has 6 heteroatoms. The molecule has 0 atom stereocenters. The topological polar surface area (TPSA) is 66.4 Å². The molecule has 0 N–H and O–H groups in total. The van der Waals surface area contributed by atoms with Gasteiger partial charge in [0.1, 0.15) is 7.11 Å². The Balaban J connectivity index is 2.38. The molecule has 2 rings (SSSR count). The van der Waals surface area contributed by atoms with Crippen molar-refractivity contribution in [2.45, 2.75) is 13.2 Å². The van der Waals surface area contributed by atoms with E-state index >= 15 is 0 Å². The molecule has 0 aliphatic carbocycles. The lowest BCUT2D eigenvalue weighted by Crippen LogP contribution is -2.21. The van der Waals surface area contributed by atoms with Crippen LogP contribution in [0.2, 0.25) is 0 Å². The summed E-state index contributed by atoms with van der Waals surface area (Å²) in [6.45, 7) is 3.04. The molecule has 20 heavy (non-hydrogen) atoms. The minimum absolute atomic E-state index is 0.101. The summed E-state index contributed by atoms with van der Waals surface area (Å²) in [6, 6.07) is 7.24. The molecule has 1 aliphatic heterocycles. The summed E-state index contributed by atoms with van der Waals surface area (Å²) in [7, 11) is 1.38. The van der Waals surface area contributed by atoms with E-state index in [9.17, 15) is 4.79 Å². The third-order valence-corrected chi connectivity index (χ3v) is 2.74. The van der Waals surface area contributed by atoms with Crippen molar-refractivity contribution >= 4 is 11.7 Å². The largest absolute Gasteiger partial charge is 0.461 e. The predicted molar refractivity (Wildman–Crippen MR) is 71.3 cm³/mol. The number of nitrogens with zero attached hydrogens (tertiary/aromatic N) is 1. The average molecular weight is 279 g/mol. The van der Waals surface area contributed by atoms with Gasteiger partial charge in [-0.1, -0.05) is 29.4 Å². The second-order valence-corrected chi connectivity index (χ2v) is 4.00. The molecule has 6 nitrogen and oxygen atoms in total. The lowest BCUT2D eigenvalue weighted by atomic mass is 10.0. The molecule has 0 saturated carbocycles. The van der Waals surface area contributed by atoms with Crippen LogP contribution in [0.4, 0.5) is 0 Å². The summed E-state index contributed by atoms with van der Waals surface area (Å²) in [5.41, 5.74) is 1.41. The number of esters is 1. The van der Waals surface area contributed by atoms with Crippen LogP contribution in [-0.4, -0.2) is 38.6 Å². The second kappa shape index (κ2) is 7.02. The summed E-state index contributed by atoms with van der Waals surface area (Å²) in [4.78, 5) is 16.7. The van der Waals surface area contributed by atoms with E-state index in [0.29, 0.717) is 18.8 Å². The van der Waals surface area contributed by atoms with Crippen molar-refractivity contribution in [3.63, 3.8) is 0 Å². The number of hydrogen-bond acceptors (Lipinski definition) is 6. The monoisotopic (exact) mass is 279 g/mol. The fraction of sp³-hybridized carbons (Fsp3) is 0.429. The van der Waals surface area contributed by atoms with Gasteiger partial charge in [-0.15, -0.1) is 0 Å². The maximum absolute atomic E-state index is 12.0. The number of carbonyl (C=O) groups is 1. The Labute approximate surface area is 117 Å². The Morgan fingerprint density at radius 2 is 2.05 bits per heavy atom. The van der Waals surface area contributed by atoms with E-state index in [2.05, 4.69) is 5.16 Å². The van der Waals surface area contributed by atoms with Gasteiger partial charge < -0.3 is 19.0 Å². The van der Waals surface area contributed by atoms with E-state index in [1.54, 1.807) is 19.1 Å². The summed E-state index contributed by atoms with van der Waals surface area (Å²) in [5, 5.41) is 3.78. The zero-order valence-corrected chi connectivity index (χ0v) is 11.5. The maximum atomic E-state index is 12.0. The van der Waals surface area contributed by atoms with Crippen molar-refractivity contribution in [3.8, 4) is 0 Å². The molecule has 0 spiro atoms. The van der Waals surface area contributed by atoms with Crippen LogP contribution in [0, 0.1) is 0 Å². The smallest absolute Gasteiger partial charge is 0.361 e. The van der Waals surface area contributed by atoms with E-state index in [1.165, 1.54) is 7.11 Å². The molecule has 0 unspecified atom stereocenters. The van der Waals surface area contributed by atoms with Crippen molar-refractivity contribution in [2.75, 3.05) is 26.9 Å². The normalized spacial score (nSPS) is 16.2. The molecule has 0 aromatic heterocycles. The molecule has 1 heterocycles. The first-order valence-corrected chi connectivity index (χ1v) is 6.38. The minimum atomic E-state index is -0.542. The summed E-state index contributed by atoms with van der Waals surface area (Å²) < 4.78 is 16.0. The van der Waals surface area contributed by atoms with Crippen LogP contribution in [0.15, 0.2) is 29.4 Å². The molecule has 1 aromatic carbocycles. The highest BCUT2D eigenvalue weighted by Gasteiger charge is 2.26. The van der Waals surface area contributed by atoms with Gasteiger partial charge in [0.05, 0.1) is 19.8 Å². The van der Waals surface area contributed by atoms with Gasteiger partial charge in [-0.2, -0.15) is 0 Å². The molecule has 1 saturated heterocycles. The highest BCUT2D eigenvalue weighted by Crippen LogP contribution is 2.27. The first-order valence-electron chi connectivity index (χ1n) is 6.38. The molecule has 1 fully saturated rings. The van der Waals surface area contributed by atoms with E-state index in [1.807, 2.05) is 12.1 Å². The molecule has 1 aromatic rings. The van der Waals surface area contributed by atoms with Crippen molar-refractivity contribution in [1.29, 1.82) is 0 Å². The van der Waals surface area contributed by atoms with Gasteiger partial charge in [0, 0.05) is 11.1 Å². The van der Waals surface area contributed by atoms with Gasteiger partial charge in [0.15, 0.2) is 12.0 Å². The van der Waals surface area contributed by atoms with Gasteiger partial charge in [0.2, 0.25) is 0 Å². The number of rotatable bonds is 5. The van der Waals surface area contributed by atoms with E-state index in [4.69, 9.17) is 19.0 Å².